The third-order valence-electron chi connectivity index (χ3n) is 5.43. The second kappa shape index (κ2) is 8.04. The molecule has 30 heavy (non-hydrogen) atoms. The van der Waals surface area contributed by atoms with Crippen LogP contribution in [0.4, 0.5) is 11.6 Å². The first kappa shape index (κ1) is 20.3. The van der Waals surface area contributed by atoms with E-state index in [0.717, 1.165) is 30.2 Å². The van der Waals surface area contributed by atoms with Crippen LogP contribution in [0.1, 0.15) is 35.5 Å². The molecule has 1 aromatic carbocycles. The van der Waals surface area contributed by atoms with E-state index in [1.807, 2.05) is 49.6 Å². The predicted molar refractivity (Wildman–Crippen MR) is 115 cm³/mol. The molecule has 1 aliphatic heterocycles. The molecule has 0 saturated carbocycles. The number of carbonyl (C=O) groups is 1. The predicted octanol–water partition coefficient (Wildman–Crippen LogP) is 2.40. The van der Waals surface area contributed by atoms with E-state index in [0.29, 0.717) is 30.2 Å². The highest BCUT2D eigenvalue weighted by molar-refractivity contribution is 6.04. The molecule has 8 heteroatoms. The number of nitrogens with zero attached hydrogens (tertiary/aromatic N) is 4. The van der Waals surface area contributed by atoms with Gasteiger partial charge in [0.05, 0.1) is 25.5 Å². The van der Waals surface area contributed by atoms with E-state index >= 15 is 0 Å². The molecule has 0 radical (unpaired) electrons. The number of amides is 1. The van der Waals surface area contributed by atoms with E-state index in [9.17, 15) is 9.90 Å². The number of aromatic nitrogens is 3. The maximum atomic E-state index is 12.8. The highest BCUT2D eigenvalue weighted by atomic mass is 16.5. The minimum Gasteiger partial charge on any atom is -0.395 e. The average molecular weight is 409 g/mol. The summed E-state index contributed by atoms with van der Waals surface area (Å²) < 4.78 is 7.27. The van der Waals surface area contributed by atoms with Crippen LogP contribution in [0.15, 0.2) is 36.4 Å². The molecule has 3 aromatic rings. The Morgan fingerprint density at radius 1 is 1.20 bits per heavy atom. The van der Waals surface area contributed by atoms with Crippen molar-refractivity contribution >= 4 is 23.2 Å². The van der Waals surface area contributed by atoms with Gasteiger partial charge in [0.15, 0.2) is 5.65 Å². The normalized spacial score (nSPS) is 14.9. The molecule has 3 heterocycles. The molecule has 0 aliphatic carbocycles. The number of nitrogens with one attached hydrogen (secondary N) is 1. The van der Waals surface area contributed by atoms with E-state index in [1.165, 1.54) is 0 Å². The van der Waals surface area contributed by atoms with Gasteiger partial charge >= 0.3 is 0 Å². The SMILES string of the molecule is Cc1cc2nc(NC(=O)c3ccc(C(C)(C)CO)cc3)cc(N3CCOCC3)n2n1. The van der Waals surface area contributed by atoms with Gasteiger partial charge in [-0.05, 0) is 24.6 Å². The van der Waals surface area contributed by atoms with Crippen molar-refractivity contribution in [3.8, 4) is 0 Å². The summed E-state index contributed by atoms with van der Waals surface area (Å²) in [5, 5.41) is 17.0. The quantitative estimate of drug-likeness (QED) is 0.672. The van der Waals surface area contributed by atoms with Crippen LogP contribution in [0, 0.1) is 6.92 Å². The molecular weight excluding hydrogens is 382 g/mol. The van der Waals surface area contributed by atoms with Gasteiger partial charge in [-0.3, -0.25) is 4.79 Å². The number of anilines is 2. The van der Waals surface area contributed by atoms with Crippen LogP contribution in [0.3, 0.4) is 0 Å². The van der Waals surface area contributed by atoms with Crippen molar-refractivity contribution in [2.45, 2.75) is 26.2 Å². The third-order valence-corrected chi connectivity index (χ3v) is 5.43. The molecule has 2 aromatic heterocycles. The van der Waals surface area contributed by atoms with Crippen molar-refractivity contribution in [3.63, 3.8) is 0 Å². The van der Waals surface area contributed by atoms with E-state index < -0.39 is 0 Å². The molecule has 1 amide bonds. The summed E-state index contributed by atoms with van der Waals surface area (Å²) in [6, 6.07) is 11.0. The van der Waals surface area contributed by atoms with Gasteiger partial charge in [-0.15, -0.1) is 0 Å². The Hall–Kier alpha value is -2.97. The van der Waals surface area contributed by atoms with Crippen LogP contribution < -0.4 is 10.2 Å². The van der Waals surface area contributed by atoms with Crippen LogP contribution in [-0.2, 0) is 10.2 Å². The lowest BCUT2D eigenvalue weighted by atomic mass is 9.85. The van der Waals surface area contributed by atoms with E-state index in [1.54, 1.807) is 12.1 Å². The second-order valence-corrected chi connectivity index (χ2v) is 8.23. The molecule has 4 rings (SSSR count). The highest BCUT2D eigenvalue weighted by Gasteiger charge is 2.21. The van der Waals surface area contributed by atoms with Gasteiger partial charge in [0.1, 0.15) is 11.6 Å². The fourth-order valence-electron chi connectivity index (χ4n) is 3.51. The van der Waals surface area contributed by atoms with Crippen molar-refractivity contribution < 1.29 is 14.6 Å². The van der Waals surface area contributed by atoms with Gasteiger partial charge in [0.2, 0.25) is 0 Å². The van der Waals surface area contributed by atoms with Crippen LogP contribution in [0.25, 0.3) is 5.65 Å². The zero-order valence-corrected chi connectivity index (χ0v) is 17.6. The van der Waals surface area contributed by atoms with Crippen LogP contribution in [-0.4, -0.2) is 58.5 Å². The maximum Gasteiger partial charge on any atom is 0.256 e. The zero-order chi connectivity index (χ0) is 21.3. The lowest BCUT2D eigenvalue weighted by molar-refractivity contribution is 0.102. The van der Waals surface area contributed by atoms with Crippen LogP contribution in [0.2, 0.25) is 0 Å². The maximum absolute atomic E-state index is 12.8. The molecule has 8 nitrogen and oxygen atoms in total. The Balaban J connectivity index is 1.61. The molecular formula is C22H27N5O3. The van der Waals surface area contributed by atoms with Crippen molar-refractivity contribution in [2.75, 3.05) is 43.1 Å². The molecule has 2 N–H and O–H groups in total. The molecule has 0 atom stereocenters. The Kier molecular flexibility index (Phi) is 5.44. The van der Waals surface area contributed by atoms with E-state index in [4.69, 9.17) is 4.74 Å². The number of morpholine rings is 1. The summed E-state index contributed by atoms with van der Waals surface area (Å²) in [4.78, 5) is 19.6. The first-order chi connectivity index (χ1) is 14.4. The third kappa shape index (κ3) is 4.01. The fourth-order valence-corrected chi connectivity index (χ4v) is 3.51. The molecule has 1 fully saturated rings. The summed E-state index contributed by atoms with van der Waals surface area (Å²) in [5.74, 6) is 1.13. The molecule has 0 spiro atoms. The van der Waals surface area contributed by atoms with Crippen molar-refractivity contribution in [1.82, 2.24) is 14.6 Å². The monoisotopic (exact) mass is 409 g/mol. The fraction of sp³-hybridized carbons (Fsp3) is 0.409. The lowest BCUT2D eigenvalue weighted by Crippen LogP contribution is -2.37. The van der Waals surface area contributed by atoms with Crippen molar-refractivity contribution in [1.29, 1.82) is 0 Å². The van der Waals surface area contributed by atoms with Gasteiger partial charge in [-0.2, -0.15) is 9.61 Å². The smallest absolute Gasteiger partial charge is 0.256 e. The number of aryl methyl sites for hydroxylation is 1. The lowest BCUT2D eigenvalue weighted by Gasteiger charge is -2.29. The Morgan fingerprint density at radius 3 is 2.57 bits per heavy atom. The minimum absolute atomic E-state index is 0.0392. The number of ether oxygens (including phenoxy) is 1. The minimum atomic E-state index is -0.353. The number of rotatable bonds is 5. The number of hydrogen-bond acceptors (Lipinski definition) is 6. The first-order valence-corrected chi connectivity index (χ1v) is 10.1. The number of benzene rings is 1. The topological polar surface area (TPSA) is 92.0 Å². The van der Waals surface area contributed by atoms with Crippen LogP contribution >= 0.6 is 0 Å². The van der Waals surface area contributed by atoms with Gasteiger partial charge in [0.25, 0.3) is 5.91 Å². The summed E-state index contributed by atoms with van der Waals surface area (Å²) in [5.41, 5.74) is 2.71. The largest absolute Gasteiger partial charge is 0.395 e. The van der Waals surface area contributed by atoms with E-state index in [2.05, 4.69) is 20.3 Å². The number of fused-ring (bicyclic) bond motifs is 1. The molecule has 0 bridgehead atoms. The van der Waals surface area contributed by atoms with Gasteiger partial charge in [0, 0.05) is 36.2 Å². The molecule has 1 saturated heterocycles. The van der Waals surface area contributed by atoms with Gasteiger partial charge in [-0.1, -0.05) is 26.0 Å². The van der Waals surface area contributed by atoms with Gasteiger partial charge in [-0.25, -0.2) is 4.98 Å². The Labute approximate surface area is 175 Å². The molecule has 158 valence electrons. The Morgan fingerprint density at radius 2 is 1.90 bits per heavy atom. The highest BCUT2D eigenvalue weighted by Crippen LogP contribution is 2.24. The average Bonchev–Trinajstić information content (AvgIpc) is 3.14. The summed E-state index contributed by atoms with van der Waals surface area (Å²) in [6.07, 6.45) is 0. The van der Waals surface area contributed by atoms with Gasteiger partial charge < -0.3 is 20.1 Å². The molecule has 0 unspecified atom stereocenters. The summed E-state index contributed by atoms with van der Waals surface area (Å²) >= 11 is 0. The van der Waals surface area contributed by atoms with Crippen molar-refractivity contribution in [3.05, 3.63) is 53.2 Å². The first-order valence-electron chi connectivity index (χ1n) is 10.1. The number of aliphatic hydroxyl groups excluding tert-OH is 1. The van der Waals surface area contributed by atoms with Crippen LogP contribution in [0.5, 0.6) is 0 Å². The molecule has 1 aliphatic rings. The summed E-state index contributed by atoms with van der Waals surface area (Å²) in [7, 11) is 0. The Bertz CT molecular complexity index is 1050. The van der Waals surface area contributed by atoms with Crippen molar-refractivity contribution in [2.24, 2.45) is 0 Å². The number of aliphatic hydroxyl groups is 1. The number of hydrogen-bond donors (Lipinski definition) is 2. The zero-order valence-electron chi connectivity index (χ0n) is 17.6. The summed E-state index contributed by atoms with van der Waals surface area (Å²) in [6.45, 7) is 8.71. The standard InChI is InChI=1S/C22H27N5O3/c1-15-12-19-23-18(13-20(27(19)25-15)26-8-10-30-11-9-26)24-21(29)16-4-6-17(7-5-16)22(2,3)14-28/h4-7,12-13,28H,8-11,14H2,1-3H3,(H,23,24,29). The second-order valence-electron chi connectivity index (χ2n) is 8.23. The van der Waals surface area contributed by atoms with E-state index in [-0.39, 0.29) is 17.9 Å². The number of carbonyl (C=O) groups excluding carboxylic acids is 1.